The van der Waals surface area contributed by atoms with Gasteiger partial charge in [0.15, 0.2) is 0 Å². The molecule has 2 aromatic heterocycles. The largest absolute Gasteiger partial charge is 0.352 e. The van der Waals surface area contributed by atoms with Crippen LogP contribution in [0, 0.1) is 0 Å². The maximum absolute atomic E-state index is 12.4. The summed E-state index contributed by atoms with van der Waals surface area (Å²) in [5.74, 6) is 0.735. The number of nitrogens with zero attached hydrogens (tertiary/aromatic N) is 4. The zero-order valence-electron chi connectivity index (χ0n) is 11.7. The summed E-state index contributed by atoms with van der Waals surface area (Å²) >= 11 is 12.0. The maximum Gasteiger partial charge on any atom is 0.254 e. The molecule has 2 aromatic rings. The van der Waals surface area contributed by atoms with Crippen LogP contribution in [-0.4, -0.2) is 47.0 Å². The Morgan fingerprint density at radius 2 is 1.77 bits per heavy atom. The Bertz CT molecular complexity index is 672. The lowest BCUT2D eigenvalue weighted by Gasteiger charge is -2.35. The summed E-state index contributed by atoms with van der Waals surface area (Å²) < 4.78 is 0. The average Bonchev–Trinajstić information content (AvgIpc) is 2.55. The second-order valence-electron chi connectivity index (χ2n) is 4.97. The number of hydrogen-bond donors (Lipinski definition) is 0. The first-order chi connectivity index (χ1) is 10.6. The maximum atomic E-state index is 12.4. The van der Waals surface area contributed by atoms with Gasteiger partial charge in [0.05, 0.1) is 10.0 Å². The van der Waals surface area contributed by atoms with Crippen molar-refractivity contribution in [3.05, 3.63) is 52.4 Å². The highest BCUT2D eigenvalue weighted by atomic mass is 35.5. The molecule has 0 atom stereocenters. The van der Waals surface area contributed by atoms with Crippen molar-refractivity contribution in [2.24, 2.45) is 0 Å². The van der Waals surface area contributed by atoms with Gasteiger partial charge >= 0.3 is 0 Å². The van der Waals surface area contributed by atoms with E-state index in [-0.39, 0.29) is 5.91 Å². The molecule has 5 nitrogen and oxygen atoms in total. The SMILES string of the molecule is O=C(c1ccncc1)N1CCN(c2ncc(Cl)cc2Cl)CC1. The summed E-state index contributed by atoms with van der Waals surface area (Å²) in [7, 11) is 0. The quantitative estimate of drug-likeness (QED) is 0.846. The van der Waals surface area contributed by atoms with E-state index >= 15 is 0 Å². The van der Waals surface area contributed by atoms with Crippen molar-refractivity contribution in [1.29, 1.82) is 0 Å². The number of hydrogen-bond acceptors (Lipinski definition) is 4. The Hall–Kier alpha value is -1.85. The molecule has 1 aliphatic rings. The van der Waals surface area contributed by atoms with Crippen molar-refractivity contribution in [2.75, 3.05) is 31.1 Å². The number of carbonyl (C=O) groups excluding carboxylic acids is 1. The van der Waals surface area contributed by atoms with E-state index in [0.717, 1.165) is 0 Å². The third kappa shape index (κ3) is 3.15. The van der Waals surface area contributed by atoms with Crippen LogP contribution in [-0.2, 0) is 0 Å². The van der Waals surface area contributed by atoms with Crippen molar-refractivity contribution >= 4 is 34.9 Å². The fourth-order valence-corrected chi connectivity index (χ4v) is 2.94. The number of anilines is 1. The standard InChI is InChI=1S/C15H14Cl2N4O/c16-12-9-13(17)14(19-10-12)20-5-7-21(8-6-20)15(22)11-1-3-18-4-2-11/h1-4,9-10H,5-8H2. The predicted molar refractivity (Wildman–Crippen MR) is 86.6 cm³/mol. The van der Waals surface area contributed by atoms with Gasteiger partial charge in [-0.15, -0.1) is 0 Å². The Balaban J connectivity index is 1.66. The number of carbonyl (C=O) groups is 1. The zero-order valence-corrected chi connectivity index (χ0v) is 13.3. The van der Waals surface area contributed by atoms with E-state index < -0.39 is 0 Å². The van der Waals surface area contributed by atoms with Crippen LogP contribution < -0.4 is 4.90 Å². The van der Waals surface area contributed by atoms with E-state index in [1.54, 1.807) is 36.8 Å². The fourth-order valence-electron chi connectivity index (χ4n) is 2.44. The van der Waals surface area contributed by atoms with E-state index in [0.29, 0.717) is 47.6 Å². The number of halogens is 2. The minimum atomic E-state index is 0.0252. The summed E-state index contributed by atoms with van der Waals surface area (Å²) in [5, 5.41) is 1.04. The van der Waals surface area contributed by atoms with E-state index in [4.69, 9.17) is 23.2 Å². The highest BCUT2D eigenvalue weighted by Gasteiger charge is 2.23. The van der Waals surface area contributed by atoms with Crippen molar-refractivity contribution in [1.82, 2.24) is 14.9 Å². The topological polar surface area (TPSA) is 49.3 Å². The Morgan fingerprint density at radius 1 is 1.09 bits per heavy atom. The summed E-state index contributed by atoms with van der Waals surface area (Å²) in [6.07, 6.45) is 4.83. The van der Waals surface area contributed by atoms with Gasteiger partial charge in [-0.05, 0) is 18.2 Å². The average molecular weight is 337 g/mol. The molecule has 0 aromatic carbocycles. The van der Waals surface area contributed by atoms with Gasteiger partial charge in [-0.25, -0.2) is 4.98 Å². The van der Waals surface area contributed by atoms with Crippen LogP contribution in [0.25, 0.3) is 0 Å². The smallest absolute Gasteiger partial charge is 0.254 e. The molecule has 22 heavy (non-hydrogen) atoms. The minimum Gasteiger partial charge on any atom is -0.352 e. The highest BCUT2D eigenvalue weighted by molar-refractivity contribution is 6.36. The highest BCUT2D eigenvalue weighted by Crippen LogP contribution is 2.26. The van der Waals surface area contributed by atoms with Crippen molar-refractivity contribution in [2.45, 2.75) is 0 Å². The van der Waals surface area contributed by atoms with Crippen molar-refractivity contribution in [3.8, 4) is 0 Å². The molecule has 0 bridgehead atoms. The van der Waals surface area contributed by atoms with Gasteiger partial charge in [-0.3, -0.25) is 9.78 Å². The van der Waals surface area contributed by atoms with Crippen LogP contribution in [0.5, 0.6) is 0 Å². The first-order valence-electron chi connectivity index (χ1n) is 6.90. The summed E-state index contributed by atoms with van der Waals surface area (Å²) in [6.45, 7) is 2.62. The number of rotatable bonds is 2. The van der Waals surface area contributed by atoms with Gasteiger partial charge < -0.3 is 9.80 Å². The molecule has 1 aliphatic heterocycles. The van der Waals surface area contributed by atoms with Crippen LogP contribution in [0.2, 0.25) is 10.0 Å². The molecule has 0 N–H and O–H groups in total. The first kappa shape index (κ1) is 15.1. The van der Waals surface area contributed by atoms with Gasteiger partial charge in [-0.1, -0.05) is 23.2 Å². The Labute approximate surface area is 138 Å². The van der Waals surface area contributed by atoms with Crippen LogP contribution in [0.3, 0.4) is 0 Å². The molecule has 0 spiro atoms. The van der Waals surface area contributed by atoms with Crippen LogP contribution in [0.4, 0.5) is 5.82 Å². The molecule has 3 heterocycles. The van der Waals surface area contributed by atoms with Gasteiger partial charge in [0, 0.05) is 50.3 Å². The lowest BCUT2D eigenvalue weighted by Crippen LogP contribution is -2.49. The van der Waals surface area contributed by atoms with Crippen LogP contribution in [0.15, 0.2) is 36.8 Å². The van der Waals surface area contributed by atoms with Gasteiger partial charge in [0.1, 0.15) is 5.82 Å². The predicted octanol–water partition coefficient (Wildman–Crippen LogP) is 2.75. The third-order valence-corrected chi connectivity index (χ3v) is 4.07. The second kappa shape index (κ2) is 6.50. The van der Waals surface area contributed by atoms with Crippen molar-refractivity contribution in [3.63, 3.8) is 0 Å². The third-order valence-electron chi connectivity index (χ3n) is 3.58. The Kier molecular flexibility index (Phi) is 4.45. The van der Waals surface area contributed by atoms with E-state index in [1.165, 1.54) is 0 Å². The molecule has 1 fully saturated rings. The minimum absolute atomic E-state index is 0.0252. The number of piperazine rings is 1. The Morgan fingerprint density at radius 3 is 2.41 bits per heavy atom. The van der Waals surface area contributed by atoms with Crippen LogP contribution in [0.1, 0.15) is 10.4 Å². The van der Waals surface area contributed by atoms with Crippen molar-refractivity contribution < 1.29 is 4.79 Å². The molecule has 3 rings (SSSR count). The monoisotopic (exact) mass is 336 g/mol. The molecule has 7 heteroatoms. The molecule has 114 valence electrons. The molecule has 0 radical (unpaired) electrons. The van der Waals surface area contributed by atoms with Crippen LogP contribution >= 0.6 is 23.2 Å². The van der Waals surface area contributed by atoms with Gasteiger partial charge in [0.2, 0.25) is 0 Å². The van der Waals surface area contributed by atoms with Gasteiger partial charge in [-0.2, -0.15) is 0 Å². The van der Waals surface area contributed by atoms with Gasteiger partial charge in [0.25, 0.3) is 5.91 Å². The molecule has 1 amide bonds. The molecular weight excluding hydrogens is 323 g/mol. The molecule has 0 saturated carbocycles. The van der Waals surface area contributed by atoms with E-state index in [1.807, 2.05) is 4.90 Å². The molecule has 1 saturated heterocycles. The van der Waals surface area contributed by atoms with E-state index in [9.17, 15) is 4.79 Å². The normalized spacial score (nSPS) is 15.0. The van der Waals surface area contributed by atoms with E-state index in [2.05, 4.69) is 14.9 Å². The summed E-state index contributed by atoms with van der Waals surface area (Å²) in [4.78, 5) is 24.5. The fraction of sp³-hybridized carbons (Fsp3) is 0.267. The summed E-state index contributed by atoms with van der Waals surface area (Å²) in [5.41, 5.74) is 0.658. The lowest BCUT2D eigenvalue weighted by atomic mass is 10.2. The number of pyridine rings is 2. The number of amides is 1. The lowest BCUT2D eigenvalue weighted by molar-refractivity contribution is 0.0746. The molecule has 0 aliphatic carbocycles. The number of aromatic nitrogens is 2. The summed E-state index contributed by atoms with van der Waals surface area (Å²) in [6, 6.07) is 5.14. The molecular formula is C15H14Cl2N4O. The molecule has 0 unspecified atom stereocenters. The first-order valence-corrected chi connectivity index (χ1v) is 7.66. The zero-order chi connectivity index (χ0) is 15.5. The second-order valence-corrected chi connectivity index (χ2v) is 5.82.